The van der Waals surface area contributed by atoms with Crippen LogP contribution in [0.25, 0.3) is 22.3 Å². The fourth-order valence-corrected chi connectivity index (χ4v) is 2.15. The first kappa shape index (κ1) is 14.1. The molecule has 2 aromatic carbocycles. The molecule has 4 nitrogen and oxygen atoms in total. The van der Waals surface area contributed by atoms with Gasteiger partial charge in [-0.05, 0) is 18.2 Å². The van der Waals surface area contributed by atoms with E-state index in [4.69, 9.17) is 9.15 Å². The van der Waals surface area contributed by atoms with E-state index in [2.05, 4.69) is 0 Å². The van der Waals surface area contributed by atoms with E-state index in [9.17, 15) is 9.59 Å². The van der Waals surface area contributed by atoms with Gasteiger partial charge in [0.2, 0.25) is 0 Å². The lowest BCUT2D eigenvalue weighted by molar-refractivity contribution is -0.134. The molecule has 3 rings (SSSR count). The lowest BCUT2D eigenvalue weighted by atomic mass is 10.1. The molecule has 4 heteroatoms. The summed E-state index contributed by atoms with van der Waals surface area (Å²) >= 11 is 0. The summed E-state index contributed by atoms with van der Waals surface area (Å²) in [6.07, 6.45) is 0.277. The second-order valence-electron chi connectivity index (χ2n) is 4.83. The Morgan fingerprint density at radius 1 is 1.09 bits per heavy atom. The molecular weight excluding hydrogens is 280 g/mol. The molecular formula is C18H14O4. The van der Waals surface area contributed by atoms with Crippen LogP contribution in [0.4, 0.5) is 0 Å². The molecule has 0 aliphatic carbocycles. The number of rotatable bonds is 3. The zero-order valence-electron chi connectivity index (χ0n) is 12.0. The minimum atomic E-state index is -0.343. The second-order valence-corrected chi connectivity index (χ2v) is 4.83. The summed E-state index contributed by atoms with van der Waals surface area (Å²) in [5, 5.41) is 0.390. The summed E-state index contributed by atoms with van der Waals surface area (Å²) in [5.74, 6) is 0.514. The standard InChI is InChI=1S/C18H14O4/c1-2-18(20)21-13-8-9-16-14(10-13)15(19)11-17(22-16)12-6-4-3-5-7-12/h3-11H,2H2,1H3. The Kier molecular flexibility index (Phi) is 3.74. The van der Waals surface area contributed by atoms with Gasteiger partial charge in [0.25, 0.3) is 0 Å². The monoisotopic (exact) mass is 294 g/mol. The third-order valence-electron chi connectivity index (χ3n) is 3.28. The van der Waals surface area contributed by atoms with Crippen LogP contribution in [0.15, 0.2) is 63.8 Å². The van der Waals surface area contributed by atoms with Crippen LogP contribution in [0.2, 0.25) is 0 Å². The largest absolute Gasteiger partial charge is 0.456 e. The van der Waals surface area contributed by atoms with Gasteiger partial charge in [-0.25, -0.2) is 0 Å². The van der Waals surface area contributed by atoms with Gasteiger partial charge in [0.05, 0.1) is 5.39 Å². The number of benzene rings is 2. The van der Waals surface area contributed by atoms with E-state index in [1.165, 1.54) is 12.1 Å². The summed E-state index contributed by atoms with van der Waals surface area (Å²) in [4.78, 5) is 23.6. The Labute approximate surface area is 127 Å². The Hall–Kier alpha value is -2.88. The lowest BCUT2D eigenvalue weighted by Crippen LogP contribution is -2.06. The highest BCUT2D eigenvalue weighted by Crippen LogP contribution is 2.24. The first-order valence-electron chi connectivity index (χ1n) is 7.01. The normalized spacial score (nSPS) is 10.6. The van der Waals surface area contributed by atoms with Crippen molar-refractivity contribution in [1.82, 2.24) is 0 Å². The molecule has 0 N–H and O–H groups in total. The first-order valence-corrected chi connectivity index (χ1v) is 7.01. The predicted octanol–water partition coefficient (Wildman–Crippen LogP) is 3.78. The van der Waals surface area contributed by atoms with Gasteiger partial charge in [0.15, 0.2) is 5.43 Å². The van der Waals surface area contributed by atoms with Crippen LogP contribution in [-0.2, 0) is 4.79 Å². The van der Waals surface area contributed by atoms with E-state index in [-0.39, 0.29) is 17.8 Å². The minimum Gasteiger partial charge on any atom is -0.456 e. The lowest BCUT2D eigenvalue weighted by Gasteiger charge is -2.05. The van der Waals surface area contributed by atoms with Crippen molar-refractivity contribution in [3.05, 3.63) is 64.8 Å². The molecule has 0 aliphatic heterocycles. The van der Waals surface area contributed by atoms with Crippen molar-refractivity contribution in [3.8, 4) is 17.1 Å². The molecule has 0 fully saturated rings. The Morgan fingerprint density at radius 2 is 1.86 bits per heavy atom. The average molecular weight is 294 g/mol. The fourth-order valence-electron chi connectivity index (χ4n) is 2.15. The van der Waals surface area contributed by atoms with Crippen LogP contribution >= 0.6 is 0 Å². The molecule has 0 aliphatic rings. The molecule has 1 aromatic heterocycles. The van der Waals surface area contributed by atoms with Gasteiger partial charge in [-0.3, -0.25) is 9.59 Å². The van der Waals surface area contributed by atoms with Crippen LogP contribution in [0, 0.1) is 0 Å². The Bertz CT molecular complexity index is 878. The van der Waals surface area contributed by atoms with Crippen molar-refractivity contribution in [1.29, 1.82) is 0 Å². The molecule has 0 spiro atoms. The van der Waals surface area contributed by atoms with Gasteiger partial charge in [-0.15, -0.1) is 0 Å². The zero-order valence-corrected chi connectivity index (χ0v) is 12.0. The summed E-state index contributed by atoms with van der Waals surface area (Å²) in [6, 6.07) is 15.7. The molecule has 3 aromatic rings. The zero-order chi connectivity index (χ0) is 15.5. The average Bonchev–Trinajstić information content (AvgIpc) is 2.56. The molecule has 0 bridgehead atoms. The summed E-state index contributed by atoms with van der Waals surface area (Å²) in [5.41, 5.74) is 1.13. The number of esters is 1. The maximum atomic E-state index is 12.3. The van der Waals surface area contributed by atoms with Crippen molar-refractivity contribution in [2.75, 3.05) is 0 Å². The maximum Gasteiger partial charge on any atom is 0.310 e. The third kappa shape index (κ3) is 2.76. The number of ether oxygens (including phenoxy) is 1. The highest BCUT2D eigenvalue weighted by Gasteiger charge is 2.09. The van der Waals surface area contributed by atoms with E-state index < -0.39 is 0 Å². The molecule has 22 heavy (non-hydrogen) atoms. The maximum absolute atomic E-state index is 12.3. The molecule has 0 amide bonds. The van der Waals surface area contributed by atoms with E-state index in [1.54, 1.807) is 19.1 Å². The van der Waals surface area contributed by atoms with Crippen molar-refractivity contribution < 1.29 is 13.9 Å². The van der Waals surface area contributed by atoms with E-state index in [1.807, 2.05) is 30.3 Å². The molecule has 0 radical (unpaired) electrons. The van der Waals surface area contributed by atoms with Crippen LogP contribution in [0.3, 0.4) is 0 Å². The quantitative estimate of drug-likeness (QED) is 0.545. The highest BCUT2D eigenvalue weighted by atomic mass is 16.5. The van der Waals surface area contributed by atoms with E-state index >= 15 is 0 Å². The summed E-state index contributed by atoms with van der Waals surface area (Å²) in [7, 11) is 0. The van der Waals surface area contributed by atoms with Gasteiger partial charge in [0.1, 0.15) is 17.1 Å². The number of hydrogen-bond acceptors (Lipinski definition) is 4. The van der Waals surface area contributed by atoms with Gasteiger partial charge in [0, 0.05) is 18.1 Å². The number of carbonyl (C=O) groups is 1. The third-order valence-corrected chi connectivity index (χ3v) is 3.28. The summed E-state index contributed by atoms with van der Waals surface area (Å²) in [6.45, 7) is 1.71. The van der Waals surface area contributed by atoms with Gasteiger partial charge < -0.3 is 9.15 Å². The van der Waals surface area contributed by atoms with Crippen molar-refractivity contribution in [2.45, 2.75) is 13.3 Å². The molecule has 0 unspecified atom stereocenters. The SMILES string of the molecule is CCC(=O)Oc1ccc2oc(-c3ccccc3)cc(=O)c2c1. The minimum absolute atomic E-state index is 0.172. The molecule has 0 saturated carbocycles. The van der Waals surface area contributed by atoms with E-state index in [0.29, 0.717) is 22.5 Å². The molecule has 0 atom stereocenters. The van der Waals surface area contributed by atoms with Gasteiger partial charge in [-0.1, -0.05) is 37.3 Å². The molecule has 110 valence electrons. The van der Waals surface area contributed by atoms with Crippen LogP contribution < -0.4 is 10.2 Å². The second kappa shape index (κ2) is 5.85. The first-order chi connectivity index (χ1) is 10.7. The van der Waals surface area contributed by atoms with Crippen LogP contribution in [0.5, 0.6) is 5.75 Å². The Morgan fingerprint density at radius 3 is 2.59 bits per heavy atom. The van der Waals surface area contributed by atoms with Gasteiger partial charge >= 0.3 is 5.97 Å². The Balaban J connectivity index is 2.07. The molecule has 0 saturated heterocycles. The van der Waals surface area contributed by atoms with Crippen molar-refractivity contribution in [3.63, 3.8) is 0 Å². The highest BCUT2D eigenvalue weighted by molar-refractivity contribution is 5.81. The smallest absolute Gasteiger partial charge is 0.310 e. The number of hydrogen-bond donors (Lipinski definition) is 0. The van der Waals surface area contributed by atoms with Crippen molar-refractivity contribution in [2.24, 2.45) is 0 Å². The number of fused-ring (bicyclic) bond motifs is 1. The van der Waals surface area contributed by atoms with Crippen LogP contribution in [-0.4, -0.2) is 5.97 Å². The predicted molar refractivity (Wildman–Crippen MR) is 83.8 cm³/mol. The fraction of sp³-hybridized carbons (Fsp3) is 0.111. The van der Waals surface area contributed by atoms with Crippen molar-refractivity contribution >= 4 is 16.9 Å². The topological polar surface area (TPSA) is 56.5 Å². The summed E-state index contributed by atoms with van der Waals surface area (Å²) < 4.78 is 10.9. The van der Waals surface area contributed by atoms with E-state index in [0.717, 1.165) is 5.56 Å². The van der Waals surface area contributed by atoms with Gasteiger partial charge in [-0.2, -0.15) is 0 Å². The number of carbonyl (C=O) groups excluding carboxylic acids is 1. The van der Waals surface area contributed by atoms with Crippen LogP contribution in [0.1, 0.15) is 13.3 Å². The molecule has 1 heterocycles.